The standard InChI is InChI=1S/C19H24FN/c1-3-6-15-9-11-17(12-10-15)19(21-4-2)14-16-7-5-8-18(20)13-16/h5,7-13,19,21H,3-4,6,14H2,1-2H3. The zero-order valence-corrected chi connectivity index (χ0v) is 12.9. The monoisotopic (exact) mass is 285 g/mol. The van der Waals surface area contributed by atoms with Crippen LogP contribution in [0.4, 0.5) is 4.39 Å². The maximum absolute atomic E-state index is 13.3. The summed E-state index contributed by atoms with van der Waals surface area (Å²) in [5.41, 5.74) is 3.67. The van der Waals surface area contributed by atoms with Crippen molar-refractivity contribution in [2.75, 3.05) is 6.54 Å². The molecule has 2 aromatic carbocycles. The first kappa shape index (κ1) is 15.7. The molecule has 1 N–H and O–H groups in total. The number of halogens is 1. The van der Waals surface area contributed by atoms with E-state index in [0.717, 1.165) is 24.9 Å². The van der Waals surface area contributed by atoms with Crippen LogP contribution in [0, 0.1) is 5.82 Å². The van der Waals surface area contributed by atoms with Crippen LogP contribution < -0.4 is 5.32 Å². The molecule has 0 aromatic heterocycles. The zero-order valence-electron chi connectivity index (χ0n) is 12.9. The van der Waals surface area contributed by atoms with E-state index in [1.165, 1.54) is 23.6 Å². The molecule has 1 unspecified atom stereocenters. The summed E-state index contributed by atoms with van der Waals surface area (Å²) in [6.07, 6.45) is 3.09. The van der Waals surface area contributed by atoms with Gasteiger partial charge in [-0.25, -0.2) is 4.39 Å². The van der Waals surface area contributed by atoms with Gasteiger partial charge in [-0.3, -0.25) is 0 Å². The highest BCUT2D eigenvalue weighted by atomic mass is 19.1. The van der Waals surface area contributed by atoms with Gasteiger partial charge in [0.05, 0.1) is 0 Å². The summed E-state index contributed by atoms with van der Waals surface area (Å²) in [5.74, 6) is -0.166. The van der Waals surface area contributed by atoms with Crippen LogP contribution >= 0.6 is 0 Å². The number of rotatable bonds is 7. The zero-order chi connectivity index (χ0) is 15.1. The van der Waals surface area contributed by atoms with Gasteiger partial charge in [0.25, 0.3) is 0 Å². The minimum Gasteiger partial charge on any atom is -0.310 e. The highest BCUT2D eigenvalue weighted by Crippen LogP contribution is 2.20. The third-order valence-electron chi connectivity index (χ3n) is 3.70. The van der Waals surface area contributed by atoms with E-state index in [0.29, 0.717) is 0 Å². The van der Waals surface area contributed by atoms with Crippen molar-refractivity contribution in [3.05, 3.63) is 71.0 Å². The molecule has 0 saturated heterocycles. The van der Waals surface area contributed by atoms with Crippen molar-refractivity contribution >= 4 is 0 Å². The van der Waals surface area contributed by atoms with Gasteiger partial charge in [-0.1, -0.05) is 56.7 Å². The molecule has 2 aromatic rings. The first-order valence-corrected chi connectivity index (χ1v) is 7.79. The van der Waals surface area contributed by atoms with Gasteiger partial charge in [0.1, 0.15) is 5.82 Å². The SMILES string of the molecule is CCCc1ccc(C(Cc2cccc(F)c2)NCC)cc1. The van der Waals surface area contributed by atoms with Crippen LogP contribution in [0.1, 0.15) is 43.0 Å². The number of hydrogen-bond donors (Lipinski definition) is 1. The highest BCUT2D eigenvalue weighted by molar-refractivity contribution is 5.27. The van der Waals surface area contributed by atoms with Crippen molar-refractivity contribution in [3.8, 4) is 0 Å². The number of likely N-dealkylation sites (N-methyl/N-ethyl adjacent to an activating group) is 1. The Morgan fingerprint density at radius 2 is 1.76 bits per heavy atom. The van der Waals surface area contributed by atoms with E-state index in [1.807, 2.05) is 6.07 Å². The van der Waals surface area contributed by atoms with E-state index >= 15 is 0 Å². The third-order valence-corrected chi connectivity index (χ3v) is 3.70. The fourth-order valence-electron chi connectivity index (χ4n) is 2.66. The quantitative estimate of drug-likeness (QED) is 0.779. The lowest BCUT2D eigenvalue weighted by molar-refractivity contribution is 0.546. The fraction of sp³-hybridized carbons (Fsp3) is 0.368. The minimum atomic E-state index is -0.166. The van der Waals surface area contributed by atoms with Crippen molar-refractivity contribution in [2.45, 2.75) is 39.2 Å². The van der Waals surface area contributed by atoms with Gasteiger partial charge in [0.15, 0.2) is 0 Å². The third kappa shape index (κ3) is 4.68. The molecular formula is C19H24FN. The summed E-state index contributed by atoms with van der Waals surface area (Å²) < 4.78 is 13.3. The smallest absolute Gasteiger partial charge is 0.123 e. The summed E-state index contributed by atoms with van der Waals surface area (Å²) in [5, 5.41) is 3.50. The van der Waals surface area contributed by atoms with E-state index in [-0.39, 0.29) is 11.9 Å². The van der Waals surface area contributed by atoms with Gasteiger partial charge >= 0.3 is 0 Å². The second-order valence-electron chi connectivity index (χ2n) is 5.44. The summed E-state index contributed by atoms with van der Waals surface area (Å²) in [7, 11) is 0. The molecule has 1 nitrogen and oxygen atoms in total. The van der Waals surface area contributed by atoms with Gasteiger partial charge in [0.2, 0.25) is 0 Å². The maximum Gasteiger partial charge on any atom is 0.123 e. The molecule has 0 radical (unpaired) electrons. The summed E-state index contributed by atoms with van der Waals surface area (Å²) in [4.78, 5) is 0. The van der Waals surface area contributed by atoms with E-state index in [1.54, 1.807) is 12.1 Å². The lowest BCUT2D eigenvalue weighted by Crippen LogP contribution is -2.23. The van der Waals surface area contributed by atoms with E-state index in [9.17, 15) is 4.39 Å². The number of benzene rings is 2. The Morgan fingerprint density at radius 3 is 2.38 bits per heavy atom. The van der Waals surface area contributed by atoms with Gasteiger partial charge < -0.3 is 5.32 Å². The van der Waals surface area contributed by atoms with Crippen molar-refractivity contribution in [1.82, 2.24) is 5.32 Å². The summed E-state index contributed by atoms with van der Waals surface area (Å²) >= 11 is 0. The topological polar surface area (TPSA) is 12.0 Å². The number of aryl methyl sites for hydroxylation is 1. The van der Waals surface area contributed by atoms with E-state index in [2.05, 4.69) is 43.4 Å². The molecular weight excluding hydrogens is 261 g/mol. The maximum atomic E-state index is 13.3. The second-order valence-corrected chi connectivity index (χ2v) is 5.44. The Morgan fingerprint density at radius 1 is 1.00 bits per heavy atom. The Balaban J connectivity index is 2.14. The Labute approximate surface area is 127 Å². The van der Waals surface area contributed by atoms with Crippen molar-refractivity contribution in [2.24, 2.45) is 0 Å². The van der Waals surface area contributed by atoms with Crippen LogP contribution in [0.3, 0.4) is 0 Å². The van der Waals surface area contributed by atoms with Crippen LogP contribution in [0.15, 0.2) is 48.5 Å². The number of nitrogens with one attached hydrogen (secondary N) is 1. The van der Waals surface area contributed by atoms with Crippen LogP contribution in [-0.2, 0) is 12.8 Å². The predicted octanol–water partition coefficient (Wildman–Crippen LogP) is 4.67. The van der Waals surface area contributed by atoms with Crippen LogP contribution in [0.2, 0.25) is 0 Å². The number of hydrogen-bond acceptors (Lipinski definition) is 1. The lowest BCUT2D eigenvalue weighted by atomic mass is 9.97. The van der Waals surface area contributed by atoms with Crippen LogP contribution in [0.25, 0.3) is 0 Å². The molecule has 0 heterocycles. The fourth-order valence-corrected chi connectivity index (χ4v) is 2.66. The molecule has 0 aliphatic heterocycles. The molecule has 0 fully saturated rings. The summed E-state index contributed by atoms with van der Waals surface area (Å²) in [6, 6.07) is 15.9. The van der Waals surface area contributed by atoms with Gasteiger partial charge in [-0.15, -0.1) is 0 Å². The molecule has 0 spiro atoms. The highest BCUT2D eigenvalue weighted by Gasteiger charge is 2.11. The molecule has 0 aliphatic rings. The molecule has 2 heteroatoms. The second kappa shape index (κ2) is 7.94. The average Bonchev–Trinajstić information content (AvgIpc) is 2.48. The largest absolute Gasteiger partial charge is 0.310 e. The van der Waals surface area contributed by atoms with Crippen molar-refractivity contribution in [3.63, 3.8) is 0 Å². The Kier molecular flexibility index (Phi) is 5.94. The molecule has 21 heavy (non-hydrogen) atoms. The van der Waals surface area contributed by atoms with E-state index in [4.69, 9.17) is 0 Å². The van der Waals surface area contributed by atoms with Crippen LogP contribution in [-0.4, -0.2) is 6.54 Å². The Hall–Kier alpha value is -1.67. The molecule has 1 atom stereocenters. The molecule has 0 saturated carbocycles. The predicted molar refractivity (Wildman–Crippen MR) is 87.0 cm³/mol. The van der Waals surface area contributed by atoms with E-state index < -0.39 is 0 Å². The molecule has 0 aliphatic carbocycles. The first-order chi connectivity index (χ1) is 10.2. The summed E-state index contributed by atoms with van der Waals surface area (Å²) in [6.45, 7) is 5.19. The molecule has 0 bridgehead atoms. The molecule has 2 rings (SSSR count). The Bertz CT molecular complexity index is 548. The molecule has 0 amide bonds. The van der Waals surface area contributed by atoms with Crippen molar-refractivity contribution in [1.29, 1.82) is 0 Å². The lowest BCUT2D eigenvalue weighted by Gasteiger charge is -2.19. The van der Waals surface area contributed by atoms with Crippen molar-refractivity contribution < 1.29 is 4.39 Å². The van der Waals surface area contributed by atoms with Gasteiger partial charge in [-0.2, -0.15) is 0 Å². The minimum absolute atomic E-state index is 0.166. The van der Waals surface area contributed by atoms with Crippen LogP contribution in [0.5, 0.6) is 0 Å². The van der Waals surface area contributed by atoms with Gasteiger partial charge in [0, 0.05) is 6.04 Å². The average molecular weight is 285 g/mol. The van der Waals surface area contributed by atoms with Gasteiger partial charge in [-0.05, 0) is 48.2 Å². The first-order valence-electron chi connectivity index (χ1n) is 7.79. The normalized spacial score (nSPS) is 12.3. The molecule has 112 valence electrons.